The molecule has 34 heavy (non-hydrogen) atoms. The van der Waals surface area contributed by atoms with Gasteiger partial charge in [-0.1, -0.05) is 18.7 Å². The van der Waals surface area contributed by atoms with E-state index in [4.69, 9.17) is 6.57 Å². The quantitative estimate of drug-likeness (QED) is 0.314. The number of rotatable bonds is 2. The van der Waals surface area contributed by atoms with Crippen LogP contribution in [0.3, 0.4) is 0 Å². The summed E-state index contributed by atoms with van der Waals surface area (Å²) in [7, 11) is 0. The minimum Gasteiger partial charge on any atom is -0.361 e. The van der Waals surface area contributed by atoms with E-state index in [0.29, 0.717) is 16.8 Å². The highest BCUT2D eigenvalue weighted by molar-refractivity contribution is 6.01. The second kappa shape index (κ2) is 7.63. The van der Waals surface area contributed by atoms with Crippen molar-refractivity contribution in [2.24, 2.45) is 0 Å². The summed E-state index contributed by atoms with van der Waals surface area (Å²) in [6, 6.07) is 10.6. The number of benzene rings is 1. The molecule has 166 valence electrons. The average Bonchev–Trinajstić information content (AvgIpc) is 2.83. The van der Waals surface area contributed by atoms with Crippen LogP contribution in [0.1, 0.15) is 5.56 Å². The molecule has 1 N–H and O–H groups in total. The number of H-pyrrole nitrogens is 1. The number of hydrogen-bond donors (Lipinski definition) is 1. The predicted octanol–water partition coefficient (Wildman–Crippen LogP) is 4.25. The van der Waals surface area contributed by atoms with Gasteiger partial charge in [0.1, 0.15) is 11.7 Å². The van der Waals surface area contributed by atoms with Gasteiger partial charge in [-0.05, 0) is 36.4 Å². The maximum atomic E-state index is 13.3. The summed E-state index contributed by atoms with van der Waals surface area (Å²) in [4.78, 5) is 43.5. The van der Waals surface area contributed by atoms with Gasteiger partial charge in [0.15, 0.2) is 0 Å². The SMILES string of the molecule is [C-]#[N+]c1ccc(-c2ccc3ncc4c(=O)[nH]c(=O)n(-c5cccc(C(F)(F)F)c5)c4c3n2)cn1. The highest BCUT2D eigenvalue weighted by Crippen LogP contribution is 2.31. The van der Waals surface area contributed by atoms with Gasteiger partial charge in [0.2, 0.25) is 0 Å². The largest absolute Gasteiger partial charge is 0.416 e. The predicted molar refractivity (Wildman–Crippen MR) is 118 cm³/mol. The Morgan fingerprint density at radius 3 is 2.53 bits per heavy atom. The molecule has 5 rings (SSSR count). The first-order chi connectivity index (χ1) is 16.3. The molecule has 0 bridgehead atoms. The molecule has 0 unspecified atom stereocenters. The smallest absolute Gasteiger partial charge is 0.361 e. The highest BCUT2D eigenvalue weighted by atomic mass is 19.4. The van der Waals surface area contributed by atoms with Crippen LogP contribution in [0.2, 0.25) is 0 Å². The number of halogens is 3. The van der Waals surface area contributed by atoms with Crippen LogP contribution in [0.5, 0.6) is 0 Å². The van der Waals surface area contributed by atoms with Crippen molar-refractivity contribution in [2.45, 2.75) is 6.18 Å². The Morgan fingerprint density at radius 2 is 1.82 bits per heavy atom. The fraction of sp³-hybridized carbons (Fsp3) is 0.0435. The molecule has 5 aromatic rings. The number of aromatic amines is 1. The van der Waals surface area contributed by atoms with Crippen molar-refractivity contribution in [3.8, 4) is 16.9 Å². The van der Waals surface area contributed by atoms with Crippen molar-refractivity contribution in [1.82, 2.24) is 24.5 Å². The summed E-state index contributed by atoms with van der Waals surface area (Å²) in [5, 5.41) is -0.0179. The molecule has 8 nitrogen and oxygen atoms in total. The van der Waals surface area contributed by atoms with E-state index < -0.39 is 23.0 Å². The van der Waals surface area contributed by atoms with E-state index in [1.807, 2.05) is 0 Å². The summed E-state index contributed by atoms with van der Waals surface area (Å²) in [5.41, 5.74) is -1.24. The first kappa shape index (κ1) is 21.0. The lowest BCUT2D eigenvalue weighted by atomic mass is 10.1. The van der Waals surface area contributed by atoms with Gasteiger partial charge in [-0.2, -0.15) is 13.2 Å². The summed E-state index contributed by atoms with van der Waals surface area (Å²) in [6.07, 6.45) is -1.93. The molecule has 0 aliphatic rings. The Hall–Kier alpha value is -4.85. The molecule has 0 radical (unpaired) electrons. The Bertz CT molecular complexity index is 1750. The van der Waals surface area contributed by atoms with Crippen molar-refractivity contribution in [1.29, 1.82) is 0 Å². The maximum Gasteiger partial charge on any atom is 0.416 e. The molecule has 0 spiro atoms. The Labute approximate surface area is 187 Å². The van der Waals surface area contributed by atoms with E-state index >= 15 is 0 Å². The first-order valence-corrected chi connectivity index (χ1v) is 9.72. The van der Waals surface area contributed by atoms with E-state index in [1.54, 1.807) is 18.2 Å². The van der Waals surface area contributed by atoms with Crippen molar-refractivity contribution in [3.05, 3.63) is 98.7 Å². The van der Waals surface area contributed by atoms with Crippen LogP contribution in [0.4, 0.5) is 19.0 Å². The van der Waals surface area contributed by atoms with Crippen LogP contribution in [-0.4, -0.2) is 24.5 Å². The number of hydrogen-bond acceptors (Lipinski definition) is 5. The number of pyridine rings is 3. The lowest BCUT2D eigenvalue weighted by Gasteiger charge is -2.14. The van der Waals surface area contributed by atoms with Gasteiger partial charge in [-0.25, -0.2) is 9.78 Å². The summed E-state index contributed by atoms with van der Waals surface area (Å²) >= 11 is 0. The fourth-order valence-electron chi connectivity index (χ4n) is 3.60. The van der Waals surface area contributed by atoms with Crippen LogP contribution in [0.15, 0.2) is 70.5 Å². The molecule has 0 aliphatic heterocycles. The van der Waals surface area contributed by atoms with E-state index in [0.717, 1.165) is 16.7 Å². The molecular weight excluding hydrogens is 449 g/mol. The molecule has 0 amide bonds. The summed E-state index contributed by atoms with van der Waals surface area (Å²) < 4.78 is 40.9. The number of nitrogens with zero attached hydrogens (tertiary/aromatic N) is 5. The van der Waals surface area contributed by atoms with Crippen LogP contribution in [0, 0.1) is 6.57 Å². The zero-order valence-corrected chi connectivity index (χ0v) is 17.0. The fourth-order valence-corrected chi connectivity index (χ4v) is 3.60. The van der Waals surface area contributed by atoms with Crippen LogP contribution >= 0.6 is 0 Å². The van der Waals surface area contributed by atoms with Gasteiger partial charge >= 0.3 is 11.9 Å². The molecule has 0 saturated carbocycles. The van der Waals surface area contributed by atoms with Crippen molar-refractivity contribution in [2.75, 3.05) is 0 Å². The van der Waals surface area contributed by atoms with Gasteiger partial charge in [0.25, 0.3) is 11.4 Å². The normalized spacial score (nSPS) is 11.6. The van der Waals surface area contributed by atoms with Gasteiger partial charge in [-0.15, -0.1) is 4.98 Å². The monoisotopic (exact) mass is 460 g/mol. The van der Waals surface area contributed by atoms with Crippen molar-refractivity contribution in [3.63, 3.8) is 0 Å². The molecule has 1 aromatic carbocycles. The van der Waals surface area contributed by atoms with Gasteiger partial charge in [-0.3, -0.25) is 19.3 Å². The molecule has 0 fully saturated rings. The lowest BCUT2D eigenvalue weighted by molar-refractivity contribution is -0.137. The van der Waals surface area contributed by atoms with E-state index in [1.165, 1.54) is 30.6 Å². The van der Waals surface area contributed by atoms with Gasteiger partial charge < -0.3 is 4.85 Å². The van der Waals surface area contributed by atoms with Crippen LogP contribution in [-0.2, 0) is 6.18 Å². The number of alkyl halides is 3. The van der Waals surface area contributed by atoms with E-state index in [9.17, 15) is 22.8 Å². The number of nitrogens with one attached hydrogen (secondary N) is 1. The molecular formula is C23H11F3N6O2. The second-order valence-corrected chi connectivity index (χ2v) is 7.24. The Balaban J connectivity index is 1.86. The zero-order valence-electron chi connectivity index (χ0n) is 17.0. The van der Waals surface area contributed by atoms with Crippen LogP contribution < -0.4 is 11.2 Å². The lowest BCUT2D eigenvalue weighted by Crippen LogP contribution is -2.29. The topological polar surface area (TPSA) is 97.9 Å². The Morgan fingerprint density at radius 1 is 1.00 bits per heavy atom. The maximum absolute atomic E-state index is 13.3. The molecule has 4 heterocycles. The third kappa shape index (κ3) is 3.47. The first-order valence-electron chi connectivity index (χ1n) is 9.72. The minimum atomic E-state index is -4.63. The van der Waals surface area contributed by atoms with E-state index in [2.05, 4.69) is 24.8 Å². The zero-order chi connectivity index (χ0) is 24.0. The number of fused-ring (bicyclic) bond motifs is 3. The standard InChI is InChI=1S/C23H11F3N6O2/c1-27-18-8-5-12(10-29-18)16-6-7-17-19(30-16)20-15(11-28-17)21(33)31-22(34)32(20)14-4-2-3-13(9-14)23(24,25)26/h2-11H,(H,31,33,34). The molecule has 0 atom stereocenters. The van der Waals surface area contributed by atoms with Gasteiger partial charge in [0.05, 0.1) is 33.4 Å². The molecule has 0 aliphatic carbocycles. The van der Waals surface area contributed by atoms with Crippen molar-refractivity contribution < 1.29 is 13.2 Å². The highest BCUT2D eigenvalue weighted by Gasteiger charge is 2.31. The molecule has 11 heteroatoms. The third-order valence-corrected chi connectivity index (χ3v) is 5.17. The molecule has 0 saturated heterocycles. The average molecular weight is 460 g/mol. The summed E-state index contributed by atoms with van der Waals surface area (Å²) in [5.74, 6) is 0.196. The van der Waals surface area contributed by atoms with Gasteiger partial charge in [0, 0.05) is 11.8 Å². The minimum absolute atomic E-state index is 0.0179. The second-order valence-electron chi connectivity index (χ2n) is 7.24. The van der Waals surface area contributed by atoms with E-state index in [-0.39, 0.29) is 27.9 Å². The molecule has 4 aromatic heterocycles. The third-order valence-electron chi connectivity index (χ3n) is 5.17. The van der Waals surface area contributed by atoms with Crippen molar-refractivity contribution >= 4 is 27.8 Å². The van der Waals surface area contributed by atoms with Crippen LogP contribution in [0.25, 0.3) is 43.7 Å². The number of aromatic nitrogens is 5. The summed E-state index contributed by atoms with van der Waals surface area (Å²) in [6.45, 7) is 7.02. The Kier molecular flexibility index (Phi) is 4.72.